The summed E-state index contributed by atoms with van der Waals surface area (Å²) in [7, 11) is 0. The van der Waals surface area contributed by atoms with E-state index in [9.17, 15) is 0 Å². The topological polar surface area (TPSA) is 9.23 Å². The fourth-order valence-corrected chi connectivity index (χ4v) is 1.11. The first-order valence-electron chi connectivity index (χ1n) is 4.23. The van der Waals surface area contributed by atoms with Crippen LogP contribution in [0.25, 0.3) is 0 Å². The zero-order chi connectivity index (χ0) is 8.93. The number of para-hydroxylation sites is 2. The zero-order valence-corrected chi connectivity index (χ0v) is 9.51. The molecule has 0 N–H and O–H groups in total. The van der Waals surface area contributed by atoms with Crippen LogP contribution in [0.2, 0.25) is 0 Å². The Hall–Kier alpha value is -1.20. The Morgan fingerprint density at radius 2 is 0.929 bits per heavy atom. The van der Waals surface area contributed by atoms with Crippen molar-refractivity contribution in [3.8, 4) is 11.5 Å². The molecular formula is C12H10AsO. The van der Waals surface area contributed by atoms with E-state index in [1.165, 1.54) is 0 Å². The Kier molecular flexibility index (Phi) is 4.28. The van der Waals surface area contributed by atoms with Gasteiger partial charge in [0.1, 0.15) is 11.5 Å². The summed E-state index contributed by atoms with van der Waals surface area (Å²) in [4.78, 5) is 0. The molecule has 2 aromatic rings. The molecule has 0 aromatic heterocycles. The van der Waals surface area contributed by atoms with Crippen molar-refractivity contribution >= 4 is 18.0 Å². The Bertz CT molecular complexity index is 321. The van der Waals surface area contributed by atoms with Crippen LogP contribution in [0.4, 0.5) is 0 Å². The smallest absolute Gasteiger partial charge is 0.127 e. The minimum Gasteiger partial charge on any atom is -0.457 e. The maximum atomic E-state index is 5.58. The molecule has 0 saturated carbocycles. The van der Waals surface area contributed by atoms with Crippen LogP contribution in [0, 0.1) is 0 Å². The average Bonchev–Trinajstić information content (AvgIpc) is 2.21. The number of hydrogen-bond donors (Lipinski definition) is 0. The molecule has 2 aromatic carbocycles. The van der Waals surface area contributed by atoms with Crippen LogP contribution in [0.15, 0.2) is 60.7 Å². The van der Waals surface area contributed by atoms with E-state index >= 15 is 0 Å². The summed E-state index contributed by atoms with van der Waals surface area (Å²) < 4.78 is 5.58. The maximum absolute atomic E-state index is 5.58. The van der Waals surface area contributed by atoms with Crippen molar-refractivity contribution in [2.24, 2.45) is 0 Å². The van der Waals surface area contributed by atoms with Crippen molar-refractivity contribution in [1.29, 1.82) is 0 Å². The molecule has 0 fully saturated rings. The maximum Gasteiger partial charge on any atom is 0.127 e. The summed E-state index contributed by atoms with van der Waals surface area (Å²) in [6.45, 7) is 0. The molecule has 2 heteroatoms. The second-order valence-electron chi connectivity index (χ2n) is 2.73. The van der Waals surface area contributed by atoms with Crippen molar-refractivity contribution < 1.29 is 4.74 Å². The van der Waals surface area contributed by atoms with Crippen molar-refractivity contribution in [2.75, 3.05) is 0 Å². The summed E-state index contributed by atoms with van der Waals surface area (Å²) in [5.41, 5.74) is 0. The molecule has 14 heavy (non-hydrogen) atoms. The van der Waals surface area contributed by atoms with Crippen molar-refractivity contribution in [1.82, 2.24) is 0 Å². The second kappa shape index (κ2) is 5.51. The Balaban J connectivity index is 0.000000980. The number of ether oxygens (including phenoxy) is 1. The molecule has 0 saturated heterocycles. The van der Waals surface area contributed by atoms with Crippen LogP contribution in [0.5, 0.6) is 11.5 Å². The molecule has 69 valence electrons. The molecule has 2 rings (SSSR count). The van der Waals surface area contributed by atoms with E-state index in [1.807, 2.05) is 60.7 Å². The van der Waals surface area contributed by atoms with Gasteiger partial charge in [-0.1, -0.05) is 36.4 Å². The second-order valence-corrected chi connectivity index (χ2v) is 2.73. The van der Waals surface area contributed by atoms with E-state index in [4.69, 9.17) is 4.74 Å². The van der Waals surface area contributed by atoms with E-state index in [0.29, 0.717) is 0 Å². The van der Waals surface area contributed by atoms with Gasteiger partial charge in [0.2, 0.25) is 0 Å². The first-order valence-corrected chi connectivity index (χ1v) is 4.23. The van der Waals surface area contributed by atoms with Crippen LogP contribution >= 0.6 is 0 Å². The Labute approximate surface area is 95.0 Å². The summed E-state index contributed by atoms with van der Waals surface area (Å²) in [5, 5.41) is 0. The summed E-state index contributed by atoms with van der Waals surface area (Å²) >= 11 is 0. The standard InChI is InChI=1S/C12H10O.As/c1-3-7-11(8-4-1)13-12-9-5-2-6-10-12;/h1-10H;. The van der Waals surface area contributed by atoms with Gasteiger partial charge >= 0.3 is 0 Å². The molecule has 0 aliphatic rings. The van der Waals surface area contributed by atoms with Crippen LogP contribution in [0.1, 0.15) is 0 Å². The van der Waals surface area contributed by atoms with E-state index < -0.39 is 0 Å². The number of benzene rings is 2. The molecule has 0 aliphatic heterocycles. The van der Waals surface area contributed by atoms with Crippen LogP contribution < -0.4 is 4.74 Å². The molecule has 0 unspecified atom stereocenters. The van der Waals surface area contributed by atoms with E-state index in [-0.39, 0.29) is 18.0 Å². The third-order valence-corrected chi connectivity index (χ3v) is 1.72. The first kappa shape index (κ1) is 10.9. The van der Waals surface area contributed by atoms with Crippen molar-refractivity contribution in [2.45, 2.75) is 0 Å². The van der Waals surface area contributed by atoms with Gasteiger partial charge in [-0.25, -0.2) is 0 Å². The SMILES string of the molecule is [As].c1ccc(Oc2ccccc2)cc1. The molecule has 0 atom stereocenters. The molecule has 0 spiro atoms. The molecule has 1 nitrogen and oxygen atoms in total. The zero-order valence-electron chi connectivity index (χ0n) is 7.63. The molecule has 0 aliphatic carbocycles. The third-order valence-electron chi connectivity index (χ3n) is 1.72. The minimum absolute atomic E-state index is 0. The summed E-state index contributed by atoms with van der Waals surface area (Å²) in [6, 6.07) is 19.5. The fourth-order valence-electron chi connectivity index (χ4n) is 1.11. The Morgan fingerprint density at radius 3 is 1.29 bits per heavy atom. The van der Waals surface area contributed by atoms with Gasteiger partial charge in [-0.05, 0) is 24.3 Å². The fraction of sp³-hybridized carbons (Fsp3) is 0. The molecular weight excluding hydrogens is 235 g/mol. The quantitative estimate of drug-likeness (QED) is 0.739. The largest absolute Gasteiger partial charge is 0.457 e. The van der Waals surface area contributed by atoms with Gasteiger partial charge in [0.15, 0.2) is 0 Å². The van der Waals surface area contributed by atoms with Gasteiger partial charge < -0.3 is 4.74 Å². The molecule has 3 radical (unpaired) electrons. The van der Waals surface area contributed by atoms with Crippen LogP contribution in [-0.4, -0.2) is 18.0 Å². The van der Waals surface area contributed by atoms with Gasteiger partial charge in [-0.3, -0.25) is 0 Å². The predicted molar refractivity (Wildman–Crippen MR) is 58.7 cm³/mol. The van der Waals surface area contributed by atoms with Crippen LogP contribution in [-0.2, 0) is 0 Å². The summed E-state index contributed by atoms with van der Waals surface area (Å²) in [5.74, 6) is 1.74. The third kappa shape index (κ3) is 2.93. The Morgan fingerprint density at radius 1 is 0.571 bits per heavy atom. The molecule has 0 heterocycles. The normalized spacial score (nSPS) is 8.86. The number of rotatable bonds is 2. The predicted octanol–water partition coefficient (Wildman–Crippen LogP) is 3.10. The first-order chi connectivity index (χ1) is 6.45. The average molecular weight is 245 g/mol. The summed E-state index contributed by atoms with van der Waals surface area (Å²) in [6.07, 6.45) is 0. The van der Waals surface area contributed by atoms with Crippen molar-refractivity contribution in [3.63, 3.8) is 0 Å². The monoisotopic (exact) mass is 245 g/mol. The van der Waals surface area contributed by atoms with Gasteiger partial charge in [0, 0.05) is 18.0 Å². The van der Waals surface area contributed by atoms with E-state index in [1.54, 1.807) is 0 Å². The van der Waals surface area contributed by atoms with Gasteiger partial charge in [0.05, 0.1) is 0 Å². The molecule has 0 bridgehead atoms. The number of hydrogen-bond acceptors (Lipinski definition) is 1. The van der Waals surface area contributed by atoms with Crippen LogP contribution in [0.3, 0.4) is 0 Å². The minimum atomic E-state index is 0. The van der Waals surface area contributed by atoms with Gasteiger partial charge in [-0.2, -0.15) is 0 Å². The van der Waals surface area contributed by atoms with Crippen molar-refractivity contribution in [3.05, 3.63) is 60.7 Å². The van der Waals surface area contributed by atoms with E-state index in [0.717, 1.165) is 11.5 Å². The van der Waals surface area contributed by atoms with Gasteiger partial charge in [0.25, 0.3) is 0 Å². The molecule has 0 amide bonds. The van der Waals surface area contributed by atoms with Gasteiger partial charge in [-0.15, -0.1) is 0 Å². The van der Waals surface area contributed by atoms with E-state index in [2.05, 4.69) is 0 Å².